The summed E-state index contributed by atoms with van der Waals surface area (Å²) in [5, 5.41) is 0. The zero-order valence-corrected chi connectivity index (χ0v) is 7.95. The third-order valence-corrected chi connectivity index (χ3v) is 1.45. The minimum atomic E-state index is -0.662. The molecule has 0 aromatic carbocycles. The molecule has 0 fully saturated rings. The van der Waals surface area contributed by atoms with Gasteiger partial charge in [-0.3, -0.25) is 0 Å². The van der Waals surface area contributed by atoms with Crippen LogP contribution in [0.15, 0.2) is 12.3 Å². The van der Waals surface area contributed by atoms with Crippen molar-refractivity contribution in [2.24, 2.45) is 0 Å². The normalized spacial score (nSPS) is 10.3. The number of carbonyl (C=O) groups excluding carboxylic acids is 1. The van der Waals surface area contributed by atoms with Gasteiger partial charge in [-0.15, -0.1) is 0 Å². The quantitative estimate of drug-likeness (QED) is 0.729. The predicted molar refractivity (Wildman–Crippen MR) is 49.2 cm³/mol. The van der Waals surface area contributed by atoms with Gasteiger partial charge in [0.05, 0.1) is 12.3 Å². The number of nitrogens with zero attached hydrogens (tertiary/aromatic N) is 1. The Morgan fingerprint density at radius 1 is 1.64 bits per heavy atom. The molecule has 0 aliphatic rings. The van der Waals surface area contributed by atoms with Crippen LogP contribution in [0.25, 0.3) is 0 Å². The standard InChI is InChI=1S/C9H11FN2O2/c1-5(2)14-9(13)7-3-6(10)4-12-8(7)11/h3-5H,1-2H3,(H2,11,12). The van der Waals surface area contributed by atoms with E-state index in [1.165, 1.54) is 0 Å². The molecule has 5 heteroatoms. The third-order valence-electron chi connectivity index (χ3n) is 1.45. The van der Waals surface area contributed by atoms with E-state index in [1.807, 2.05) is 0 Å². The molecule has 0 atom stereocenters. The number of esters is 1. The summed E-state index contributed by atoms with van der Waals surface area (Å²) in [6.45, 7) is 3.39. The largest absolute Gasteiger partial charge is 0.459 e. The fourth-order valence-corrected chi connectivity index (χ4v) is 0.891. The van der Waals surface area contributed by atoms with Crippen LogP contribution in [0.3, 0.4) is 0 Å². The Hall–Kier alpha value is -1.65. The monoisotopic (exact) mass is 198 g/mol. The van der Waals surface area contributed by atoms with E-state index in [1.54, 1.807) is 13.8 Å². The molecule has 0 unspecified atom stereocenters. The van der Waals surface area contributed by atoms with E-state index in [0.717, 1.165) is 12.3 Å². The predicted octanol–water partition coefficient (Wildman–Crippen LogP) is 1.37. The molecule has 0 bridgehead atoms. The first-order chi connectivity index (χ1) is 6.50. The summed E-state index contributed by atoms with van der Waals surface area (Å²) in [7, 11) is 0. The summed E-state index contributed by atoms with van der Waals surface area (Å²) >= 11 is 0. The molecule has 0 aliphatic carbocycles. The lowest BCUT2D eigenvalue weighted by atomic mass is 10.2. The number of nitrogen functional groups attached to an aromatic ring is 1. The second-order valence-corrected chi connectivity index (χ2v) is 3.04. The molecule has 4 nitrogen and oxygen atoms in total. The van der Waals surface area contributed by atoms with Crippen LogP contribution in [0.4, 0.5) is 10.2 Å². The molecule has 0 aliphatic heterocycles. The van der Waals surface area contributed by atoms with Gasteiger partial charge in [-0.2, -0.15) is 0 Å². The number of hydrogen-bond acceptors (Lipinski definition) is 4. The Kier molecular flexibility index (Phi) is 3.01. The van der Waals surface area contributed by atoms with E-state index in [2.05, 4.69) is 4.98 Å². The summed E-state index contributed by atoms with van der Waals surface area (Å²) in [6.07, 6.45) is 0.673. The van der Waals surface area contributed by atoms with Crippen LogP contribution >= 0.6 is 0 Å². The Morgan fingerprint density at radius 2 is 2.29 bits per heavy atom. The van der Waals surface area contributed by atoms with Crippen LogP contribution in [0.1, 0.15) is 24.2 Å². The molecule has 0 spiro atoms. The fraction of sp³-hybridized carbons (Fsp3) is 0.333. The van der Waals surface area contributed by atoms with E-state index < -0.39 is 11.8 Å². The van der Waals surface area contributed by atoms with Crippen LogP contribution in [-0.2, 0) is 4.74 Å². The summed E-state index contributed by atoms with van der Waals surface area (Å²) < 4.78 is 17.6. The number of aromatic nitrogens is 1. The smallest absolute Gasteiger partial charge is 0.342 e. The minimum Gasteiger partial charge on any atom is -0.459 e. The third kappa shape index (κ3) is 2.42. The van der Waals surface area contributed by atoms with E-state index in [4.69, 9.17) is 10.5 Å². The molecule has 1 aromatic rings. The maximum atomic E-state index is 12.7. The zero-order valence-electron chi connectivity index (χ0n) is 7.95. The molecule has 0 amide bonds. The highest BCUT2D eigenvalue weighted by Gasteiger charge is 2.14. The number of rotatable bonds is 2. The van der Waals surface area contributed by atoms with E-state index in [-0.39, 0.29) is 17.5 Å². The van der Waals surface area contributed by atoms with Crippen molar-refractivity contribution in [1.29, 1.82) is 0 Å². The van der Waals surface area contributed by atoms with Crippen molar-refractivity contribution in [3.63, 3.8) is 0 Å². The van der Waals surface area contributed by atoms with Crippen LogP contribution in [-0.4, -0.2) is 17.1 Å². The number of carbonyl (C=O) groups is 1. The van der Waals surface area contributed by atoms with Gasteiger partial charge in [0.1, 0.15) is 17.2 Å². The van der Waals surface area contributed by atoms with Gasteiger partial charge < -0.3 is 10.5 Å². The van der Waals surface area contributed by atoms with Crippen molar-refractivity contribution in [1.82, 2.24) is 4.98 Å². The maximum Gasteiger partial charge on any atom is 0.342 e. The molecule has 2 N–H and O–H groups in total. The second kappa shape index (κ2) is 4.04. The van der Waals surface area contributed by atoms with E-state index in [0.29, 0.717) is 0 Å². The first-order valence-electron chi connectivity index (χ1n) is 4.12. The van der Waals surface area contributed by atoms with Gasteiger partial charge in [0.15, 0.2) is 0 Å². The number of nitrogens with two attached hydrogens (primary N) is 1. The molecule has 0 saturated carbocycles. The van der Waals surface area contributed by atoms with Crippen molar-refractivity contribution >= 4 is 11.8 Å². The first-order valence-corrected chi connectivity index (χ1v) is 4.12. The van der Waals surface area contributed by atoms with E-state index >= 15 is 0 Å². The van der Waals surface area contributed by atoms with Crippen LogP contribution < -0.4 is 5.73 Å². The average Bonchev–Trinajstić information content (AvgIpc) is 2.08. The highest BCUT2D eigenvalue weighted by Crippen LogP contribution is 2.12. The van der Waals surface area contributed by atoms with Gasteiger partial charge >= 0.3 is 5.97 Å². The highest BCUT2D eigenvalue weighted by molar-refractivity contribution is 5.94. The van der Waals surface area contributed by atoms with Crippen molar-refractivity contribution in [3.8, 4) is 0 Å². The fourth-order valence-electron chi connectivity index (χ4n) is 0.891. The maximum absolute atomic E-state index is 12.7. The average molecular weight is 198 g/mol. The first kappa shape index (κ1) is 10.4. The van der Waals surface area contributed by atoms with Gasteiger partial charge in [-0.05, 0) is 19.9 Å². The summed E-state index contributed by atoms with van der Waals surface area (Å²) in [4.78, 5) is 14.8. The van der Waals surface area contributed by atoms with Gasteiger partial charge in [-0.1, -0.05) is 0 Å². The lowest BCUT2D eigenvalue weighted by Gasteiger charge is -2.08. The van der Waals surface area contributed by atoms with Gasteiger partial charge in [0.2, 0.25) is 0 Å². The number of ether oxygens (including phenoxy) is 1. The van der Waals surface area contributed by atoms with Crippen molar-refractivity contribution in [2.45, 2.75) is 20.0 Å². The summed E-state index contributed by atoms with van der Waals surface area (Å²) in [5.41, 5.74) is 5.34. The SMILES string of the molecule is CC(C)OC(=O)c1cc(F)cnc1N. The summed E-state index contributed by atoms with van der Waals surface area (Å²) in [5.74, 6) is -1.31. The topological polar surface area (TPSA) is 65.2 Å². The minimum absolute atomic E-state index is 0.0305. The number of halogens is 1. The Morgan fingerprint density at radius 3 is 2.86 bits per heavy atom. The number of hydrogen-bond donors (Lipinski definition) is 1. The highest BCUT2D eigenvalue weighted by atomic mass is 19.1. The van der Waals surface area contributed by atoms with Crippen molar-refractivity contribution < 1.29 is 13.9 Å². The lowest BCUT2D eigenvalue weighted by Crippen LogP contribution is -2.14. The zero-order chi connectivity index (χ0) is 10.7. The van der Waals surface area contributed by atoms with Gasteiger partial charge in [0.25, 0.3) is 0 Å². The number of pyridine rings is 1. The summed E-state index contributed by atoms with van der Waals surface area (Å²) in [6, 6.07) is 1.01. The van der Waals surface area contributed by atoms with Crippen LogP contribution in [0.2, 0.25) is 0 Å². The van der Waals surface area contributed by atoms with Gasteiger partial charge in [0, 0.05) is 0 Å². The van der Waals surface area contributed by atoms with Gasteiger partial charge in [-0.25, -0.2) is 14.2 Å². The Balaban J connectivity index is 2.94. The molecule has 1 rings (SSSR count). The van der Waals surface area contributed by atoms with Crippen molar-refractivity contribution in [3.05, 3.63) is 23.6 Å². The number of anilines is 1. The molecular weight excluding hydrogens is 187 g/mol. The molecule has 0 saturated heterocycles. The molecule has 76 valence electrons. The molecule has 1 aromatic heterocycles. The molecule has 14 heavy (non-hydrogen) atoms. The van der Waals surface area contributed by atoms with Crippen LogP contribution in [0, 0.1) is 5.82 Å². The molecule has 1 heterocycles. The molecule has 0 radical (unpaired) electrons. The second-order valence-electron chi connectivity index (χ2n) is 3.04. The lowest BCUT2D eigenvalue weighted by molar-refractivity contribution is 0.0378. The Bertz CT molecular complexity index is 353. The van der Waals surface area contributed by atoms with Crippen molar-refractivity contribution in [2.75, 3.05) is 5.73 Å². The van der Waals surface area contributed by atoms with E-state index in [9.17, 15) is 9.18 Å². The molecular formula is C9H11FN2O2. The van der Waals surface area contributed by atoms with Crippen LogP contribution in [0.5, 0.6) is 0 Å². The Labute approximate surface area is 80.9 Å².